The molecule has 0 aliphatic carbocycles. The molecule has 0 saturated heterocycles. The van der Waals surface area contributed by atoms with Gasteiger partial charge in [0.1, 0.15) is 18.8 Å². The van der Waals surface area contributed by atoms with Crippen LogP contribution in [0.25, 0.3) is 22.1 Å². The average Bonchev–Trinajstić information content (AvgIpc) is 2.80. The second-order valence-electron chi connectivity index (χ2n) is 8.30. The van der Waals surface area contributed by atoms with Gasteiger partial charge in [0.25, 0.3) is 0 Å². The van der Waals surface area contributed by atoms with E-state index in [1.165, 1.54) is 16.0 Å². The Balaban J connectivity index is 1.62. The lowest BCUT2D eigenvalue weighted by Crippen LogP contribution is -3.10. The first-order chi connectivity index (χ1) is 15.1. The first-order valence-electron chi connectivity index (χ1n) is 10.8. The highest BCUT2D eigenvalue weighted by Crippen LogP contribution is 2.37. The van der Waals surface area contributed by atoms with Crippen molar-refractivity contribution in [2.45, 2.75) is 33.4 Å². The molecule has 2 heterocycles. The number of benzene rings is 3. The molecule has 0 amide bonds. The molecule has 0 bridgehead atoms. The fourth-order valence-corrected chi connectivity index (χ4v) is 4.45. The maximum Gasteiger partial charge on any atom is 0.336 e. The van der Waals surface area contributed by atoms with Crippen LogP contribution in [-0.4, -0.2) is 6.73 Å². The third kappa shape index (κ3) is 3.75. The number of hydrogen-bond donors (Lipinski definition) is 1. The van der Waals surface area contributed by atoms with Crippen molar-refractivity contribution in [2.24, 2.45) is 0 Å². The van der Waals surface area contributed by atoms with Crippen LogP contribution in [0, 0.1) is 6.92 Å². The summed E-state index contributed by atoms with van der Waals surface area (Å²) in [6.07, 6.45) is 0.860. The predicted molar refractivity (Wildman–Crippen MR) is 122 cm³/mol. The summed E-state index contributed by atoms with van der Waals surface area (Å²) in [7, 11) is 0. The third-order valence-corrected chi connectivity index (χ3v) is 6.05. The summed E-state index contributed by atoms with van der Waals surface area (Å²) < 4.78 is 12.0. The quantitative estimate of drug-likeness (QED) is 0.509. The van der Waals surface area contributed by atoms with E-state index in [1.807, 2.05) is 30.3 Å². The van der Waals surface area contributed by atoms with Crippen molar-refractivity contribution >= 4 is 11.0 Å². The largest absolute Gasteiger partial charge is 0.444 e. The Morgan fingerprint density at radius 2 is 1.77 bits per heavy atom. The molecule has 1 aliphatic rings. The molecule has 4 nitrogen and oxygen atoms in total. The van der Waals surface area contributed by atoms with Gasteiger partial charge in [-0.1, -0.05) is 67.1 Å². The van der Waals surface area contributed by atoms with Crippen LogP contribution in [0.4, 0.5) is 0 Å². The Morgan fingerprint density at radius 3 is 2.52 bits per heavy atom. The van der Waals surface area contributed by atoms with Crippen LogP contribution in [0.5, 0.6) is 5.75 Å². The first kappa shape index (κ1) is 19.6. The number of aryl methyl sites for hydroxylation is 2. The molecule has 1 unspecified atom stereocenters. The first-order valence-corrected chi connectivity index (χ1v) is 10.8. The van der Waals surface area contributed by atoms with E-state index in [-0.39, 0.29) is 5.63 Å². The van der Waals surface area contributed by atoms with Crippen LogP contribution in [0.1, 0.15) is 29.2 Å². The highest BCUT2D eigenvalue weighted by atomic mass is 16.5. The Hall–Kier alpha value is -3.37. The SMILES string of the molecule is CCc1cc2c(-c3ccccc3)cc(=O)oc2c2c1OC[NH+](Cc1ccc(C)cc1)C2. The van der Waals surface area contributed by atoms with Gasteiger partial charge >= 0.3 is 5.63 Å². The second-order valence-corrected chi connectivity index (χ2v) is 8.30. The molecular weight excluding hydrogens is 386 g/mol. The maximum absolute atomic E-state index is 12.5. The van der Waals surface area contributed by atoms with Gasteiger partial charge in [0.2, 0.25) is 6.73 Å². The van der Waals surface area contributed by atoms with Crippen molar-refractivity contribution in [3.63, 3.8) is 0 Å². The molecule has 4 aromatic rings. The molecular formula is C27H26NO3+. The Labute approximate surface area is 181 Å². The van der Waals surface area contributed by atoms with Crippen molar-refractivity contribution < 1.29 is 14.1 Å². The zero-order chi connectivity index (χ0) is 21.4. The smallest absolute Gasteiger partial charge is 0.336 e. The Kier molecular flexibility index (Phi) is 5.08. The highest BCUT2D eigenvalue weighted by molar-refractivity contribution is 5.96. The number of nitrogens with one attached hydrogen (secondary N) is 1. The number of ether oxygens (including phenoxy) is 1. The van der Waals surface area contributed by atoms with Gasteiger partial charge in [-0.25, -0.2) is 4.79 Å². The van der Waals surface area contributed by atoms with Crippen LogP contribution in [0.3, 0.4) is 0 Å². The lowest BCUT2D eigenvalue weighted by molar-refractivity contribution is -0.945. The van der Waals surface area contributed by atoms with E-state index in [9.17, 15) is 4.79 Å². The molecule has 0 fully saturated rings. The Morgan fingerprint density at radius 1 is 1.00 bits per heavy atom. The van der Waals surface area contributed by atoms with E-state index in [4.69, 9.17) is 9.15 Å². The molecule has 1 aromatic heterocycles. The van der Waals surface area contributed by atoms with Crippen molar-refractivity contribution in [2.75, 3.05) is 6.73 Å². The van der Waals surface area contributed by atoms with E-state index >= 15 is 0 Å². The van der Waals surface area contributed by atoms with Gasteiger partial charge in [-0.3, -0.25) is 4.90 Å². The van der Waals surface area contributed by atoms with Crippen molar-refractivity contribution in [1.29, 1.82) is 0 Å². The zero-order valence-corrected chi connectivity index (χ0v) is 17.9. The summed E-state index contributed by atoms with van der Waals surface area (Å²) in [6.45, 7) is 6.45. The minimum atomic E-state index is -0.330. The monoisotopic (exact) mass is 412 g/mol. The van der Waals surface area contributed by atoms with Gasteiger partial charge < -0.3 is 9.15 Å². The normalized spacial score (nSPS) is 15.5. The van der Waals surface area contributed by atoms with E-state index in [1.54, 1.807) is 6.07 Å². The van der Waals surface area contributed by atoms with E-state index in [0.717, 1.165) is 52.9 Å². The van der Waals surface area contributed by atoms with Crippen molar-refractivity contribution in [3.05, 3.63) is 99.4 Å². The van der Waals surface area contributed by atoms with Crippen LogP contribution in [0.2, 0.25) is 0 Å². The van der Waals surface area contributed by atoms with Gasteiger partial charge in [0.15, 0.2) is 5.58 Å². The molecule has 31 heavy (non-hydrogen) atoms. The number of rotatable bonds is 4. The molecule has 1 N–H and O–H groups in total. The molecule has 156 valence electrons. The maximum atomic E-state index is 12.5. The molecule has 0 radical (unpaired) electrons. The van der Waals surface area contributed by atoms with Crippen LogP contribution >= 0.6 is 0 Å². The van der Waals surface area contributed by atoms with E-state index < -0.39 is 0 Å². The van der Waals surface area contributed by atoms with Crippen molar-refractivity contribution in [1.82, 2.24) is 0 Å². The summed E-state index contributed by atoms with van der Waals surface area (Å²) in [5.74, 6) is 0.885. The standard InChI is InChI=1S/C27H25NO3/c1-3-20-13-23-22(21-7-5-4-6-8-21)14-25(29)31-27(23)24-16-28(17-30-26(20)24)15-19-11-9-18(2)10-12-19/h4-14H,3,15-17H2,1-2H3/p+1. The van der Waals surface area contributed by atoms with Gasteiger partial charge in [-0.2, -0.15) is 0 Å². The van der Waals surface area contributed by atoms with E-state index in [2.05, 4.69) is 44.2 Å². The topological polar surface area (TPSA) is 43.9 Å². The molecule has 4 heteroatoms. The summed E-state index contributed by atoms with van der Waals surface area (Å²) in [5, 5.41) is 0.974. The van der Waals surface area contributed by atoms with E-state index in [0.29, 0.717) is 12.3 Å². The molecule has 1 aliphatic heterocycles. The fraction of sp³-hybridized carbons (Fsp3) is 0.222. The second kappa shape index (κ2) is 8.05. The minimum Gasteiger partial charge on any atom is -0.444 e. The molecule has 0 spiro atoms. The number of hydrogen-bond acceptors (Lipinski definition) is 3. The Bertz CT molecular complexity index is 1290. The predicted octanol–water partition coefficient (Wildman–Crippen LogP) is 4.27. The highest BCUT2D eigenvalue weighted by Gasteiger charge is 2.28. The van der Waals surface area contributed by atoms with Crippen LogP contribution in [-0.2, 0) is 19.5 Å². The van der Waals surface area contributed by atoms with Crippen molar-refractivity contribution in [3.8, 4) is 16.9 Å². The summed E-state index contributed by atoms with van der Waals surface area (Å²) in [4.78, 5) is 13.8. The molecule has 3 aromatic carbocycles. The average molecular weight is 413 g/mol. The minimum absolute atomic E-state index is 0.330. The van der Waals surface area contributed by atoms with Crippen LogP contribution in [0.15, 0.2) is 75.9 Å². The molecule has 1 atom stereocenters. The fourth-order valence-electron chi connectivity index (χ4n) is 4.45. The molecule has 5 rings (SSSR count). The van der Waals surface area contributed by atoms with Gasteiger partial charge in [-0.15, -0.1) is 0 Å². The zero-order valence-electron chi connectivity index (χ0n) is 17.9. The lowest BCUT2D eigenvalue weighted by Gasteiger charge is -2.28. The summed E-state index contributed by atoms with van der Waals surface area (Å²) >= 11 is 0. The lowest BCUT2D eigenvalue weighted by atomic mass is 9.95. The van der Waals surface area contributed by atoms with Gasteiger partial charge in [-0.05, 0) is 36.1 Å². The summed E-state index contributed by atoms with van der Waals surface area (Å²) in [5.41, 5.74) is 6.93. The molecule has 0 saturated carbocycles. The van der Waals surface area contributed by atoms with Crippen LogP contribution < -0.4 is 15.3 Å². The van der Waals surface area contributed by atoms with Gasteiger partial charge in [0, 0.05) is 17.0 Å². The number of fused-ring (bicyclic) bond motifs is 3. The number of quaternary nitrogens is 1. The van der Waals surface area contributed by atoms with Gasteiger partial charge in [0.05, 0.1) is 5.56 Å². The third-order valence-electron chi connectivity index (χ3n) is 6.05. The summed E-state index contributed by atoms with van der Waals surface area (Å²) in [6, 6.07) is 22.4.